The average Bonchev–Trinajstić information content (AvgIpc) is 2.56. The Morgan fingerprint density at radius 2 is 1.50 bits per heavy atom. The molecule has 0 aromatic rings. The van der Waals surface area contributed by atoms with Gasteiger partial charge in [0.1, 0.15) is 12.1 Å². The number of hydrogen-bond acceptors (Lipinski definition) is 6. The number of nitrogens with one attached hydrogen (secondary N) is 3. The smallest absolute Gasteiger partial charge is 0.303 e. The summed E-state index contributed by atoms with van der Waals surface area (Å²) in [5.74, 6) is -0.775. The van der Waals surface area contributed by atoms with Crippen molar-refractivity contribution < 1.29 is 24.3 Å². The first-order valence-electron chi connectivity index (χ1n) is 8.58. The van der Waals surface area contributed by atoms with Gasteiger partial charge in [-0.3, -0.25) is 19.2 Å². The molecule has 0 heterocycles. The van der Waals surface area contributed by atoms with E-state index in [1.807, 2.05) is 0 Å². The zero-order valence-electron chi connectivity index (χ0n) is 15.5. The molecule has 0 aromatic carbocycles. The molecule has 0 aliphatic rings. The van der Waals surface area contributed by atoms with E-state index in [4.69, 9.17) is 10.8 Å². The van der Waals surface area contributed by atoms with Gasteiger partial charge >= 0.3 is 5.97 Å². The van der Waals surface area contributed by atoms with E-state index in [1.54, 1.807) is 6.92 Å². The third-order valence-electron chi connectivity index (χ3n) is 3.45. The first-order chi connectivity index (χ1) is 12.1. The van der Waals surface area contributed by atoms with Crippen molar-refractivity contribution >= 4 is 35.5 Å². The van der Waals surface area contributed by atoms with Crippen LogP contribution in [0.4, 0.5) is 0 Å². The molecule has 0 bridgehead atoms. The summed E-state index contributed by atoms with van der Waals surface area (Å²) in [6.07, 6.45) is 2.56. The van der Waals surface area contributed by atoms with Crippen molar-refractivity contribution in [1.29, 1.82) is 0 Å². The first-order valence-corrected chi connectivity index (χ1v) is 9.74. The van der Waals surface area contributed by atoms with Crippen LogP contribution in [0.25, 0.3) is 0 Å². The number of rotatable bonds is 13. The van der Waals surface area contributed by atoms with Crippen molar-refractivity contribution in [3.05, 3.63) is 0 Å². The number of carbonyl (C=O) groups is 4. The summed E-state index contributed by atoms with van der Waals surface area (Å²) in [5, 5.41) is 16.2. The van der Waals surface area contributed by atoms with Gasteiger partial charge in [-0.05, 0) is 39.4 Å². The molecule has 3 atom stereocenters. The normalized spacial score (nSPS) is 14.0. The summed E-state index contributed by atoms with van der Waals surface area (Å²) >= 11 is 1.53. The minimum Gasteiger partial charge on any atom is -0.481 e. The summed E-state index contributed by atoms with van der Waals surface area (Å²) in [6, 6.07) is -2.23. The second kappa shape index (κ2) is 13.4. The molecular weight excluding hydrogens is 360 g/mol. The van der Waals surface area contributed by atoms with E-state index >= 15 is 0 Å². The SMILES string of the molecule is C[C@H](N)C(=O)N[C@H](C)C(=O)N[C@@H](C)C(=O)NCSCCCCCC(=O)O. The lowest BCUT2D eigenvalue weighted by atomic mass is 10.2. The van der Waals surface area contributed by atoms with E-state index in [9.17, 15) is 19.2 Å². The molecule has 0 radical (unpaired) electrons. The molecule has 10 heteroatoms. The Balaban J connectivity index is 3.89. The molecule has 0 aliphatic heterocycles. The maximum atomic E-state index is 11.9. The fraction of sp³-hybridized carbons (Fsp3) is 0.750. The molecule has 0 saturated carbocycles. The van der Waals surface area contributed by atoms with Crippen molar-refractivity contribution in [2.45, 2.75) is 64.6 Å². The highest BCUT2D eigenvalue weighted by Gasteiger charge is 2.21. The lowest BCUT2D eigenvalue weighted by molar-refractivity contribution is -0.137. The van der Waals surface area contributed by atoms with Crippen LogP contribution in [0, 0.1) is 0 Å². The van der Waals surface area contributed by atoms with Gasteiger partial charge in [0.25, 0.3) is 0 Å². The van der Waals surface area contributed by atoms with Crippen LogP contribution in [0.2, 0.25) is 0 Å². The number of thioether (sulfide) groups is 1. The standard InChI is InChI=1S/C16H30N4O5S/c1-10(17)14(23)19-12(3)16(25)20-11(2)15(24)18-9-26-8-6-4-5-7-13(21)22/h10-12H,4-9,17H2,1-3H3,(H,18,24)(H,19,23)(H,20,25)(H,21,22)/t10-,11-,12+/m0/s1. The minimum atomic E-state index is -0.788. The van der Waals surface area contributed by atoms with Gasteiger partial charge in [0.2, 0.25) is 17.7 Å². The van der Waals surface area contributed by atoms with E-state index in [0.29, 0.717) is 12.3 Å². The van der Waals surface area contributed by atoms with Gasteiger partial charge in [-0.2, -0.15) is 0 Å². The number of carbonyl (C=O) groups excluding carboxylic acids is 3. The van der Waals surface area contributed by atoms with Crippen LogP contribution in [-0.4, -0.2) is 58.6 Å². The quantitative estimate of drug-likeness (QED) is 0.216. The number of amides is 3. The lowest BCUT2D eigenvalue weighted by Crippen LogP contribution is -2.53. The van der Waals surface area contributed by atoms with Gasteiger partial charge in [0, 0.05) is 6.42 Å². The number of nitrogens with two attached hydrogens (primary N) is 1. The van der Waals surface area contributed by atoms with Crippen LogP contribution in [0.1, 0.15) is 46.5 Å². The lowest BCUT2D eigenvalue weighted by Gasteiger charge is -2.19. The Labute approximate surface area is 158 Å². The fourth-order valence-electron chi connectivity index (χ4n) is 1.82. The molecule has 0 saturated heterocycles. The summed E-state index contributed by atoms with van der Waals surface area (Å²) in [7, 11) is 0. The number of hydrogen-bond donors (Lipinski definition) is 5. The molecule has 0 aliphatic carbocycles. The largest absolute Gasteiger partial charge is 0.481 e. The van der Waals surface area contributed by atoms with E-state index in [-0.39, 0.29) is 12.3 Å². The van der Waals surface area contributed by atoms with E-state index in [0.717, 1.165) is 18.6 Å². The molecule has 26 heavy (non-hydrogen) atoms. The number of carboxylic acids is 1. The molecule has 3 amide bonds. The average molecular weight is 391 g/mol. The Morgan fingerprint density at radius 3 is 2.08 bits per heavy atom. The van der Waals surface area contributed by atoms with Crippen molar-refractivity contribution in [3.63, 3.8) is 0 Å². The molecule has 0 aromatic heterocycles. The van der Waals surface area contributed by atoms with Crippen LogP contribution >= 0.6 is 11.8 Å². The highest BCUT2D eigenvalue weighted by Crippen LogP contribution is 2.06. The predicted octanol–water partition coefficient (Wildman–Crippen LogP) is -0.205. The van der Waals surface area contributed by atoms with Gasteiger partial charge in [-0.25, -0.2) is 0 Å². The summed E-state index contributed by atoms with van der Waals surface area (Å²) in [4.78, 5) is 45.7. The molecule has 9 nitrogen and oxygen atoms in total. The predicted molar refractivity (Wildman–Crippen MR) is 100 cm³/mol. The molecule has 6 N–H and O–H groups in total. The molecule has 0 spiro atoms. The Kier molecular flexibility index (Phi) is 12.5. The zero-order chi connectivity index (χ0) is 20.1. The Morgan fingerprint density at radius 1 is 0.923 bits per heavy atom. The number of unbranched alkanes of at least 4 members (excludes halogenated alkanes) is 2. The second-order valence-corrected chi connectivity index (χ2v) is 7.15. The van der Waals surface area contributed by atoms with Crippen LogP contribution in [0.3, 0.4) is 0 Å². The Hall–Kier alpha value is -1.81. The molecule has 150 valence electrons. The maximum Gasteiger partial charge on any atom is 0.303 e. The highest BCUT2D eigenvalue weighted by molar-refractivity contribution is 7.99. The van der Waals surface area contributed by atoms with Crippen molar-refractivity contribution in [3.8, 4) is 0 Å². The van der Waals surface area contributed by atoms with Gasteiger partial charge in [-0.1, -0.05) is 6.42 Å². The van der Waals surface area contributed by atoms with E-state index < -0.39 is 35.9 Å². The van der Waals surface area contributed by atoms with Crippen LogP contribution < -0.4 is 21.7 Å². The summed E-state index contributed by atoms with van der Waals surface area (Å²) in [6.45, 7) is 4.59. The molecule has 0 rings (SSSR count). The van der Waals surface area contributed by atoms with Gasteiger partial charge < -0.3 is 26.8 Å². The fourth-order valence-corrected chi connectivity index (χ4v) is 2.62. The van der Waals surface area contributed by atoms with Crippen molar-refractivity contribution in [2.75, 3.05) is 11.6 Å². The second-order valence-electron chi connectivity index (χ2n) is 6.05. The van der Waals surface area contributed by atoms with E-state index in [1.165, 1.54) is 25.6 Å². The van der Waals surface area contributed by atoms with Crippen molar-refractivity contribution in [2.24, 2.45) is 5.73 Å². The van der Waals surface area contributed by atoms with Crippen LogP contribution in [-0.2, 0) is 19.2 Å². The first kappa shape index (κ1) is 24.2. The zero-order valence-corrected chi connectivity index (χ0v) is 16.4. The Bertz CT molecular complexity index is 487. The number of carboxylic acid groups (broad SMARTS) is 1. The topological polar surface area (TPSA) is 151 Å². The third kappa shape index (κ3) is 11.7. The number of aliphatic carboxylic acids is 1. The summed E-state index contributed by atoms with van der Waals surface area (Å²) in [5.41, 5.74) is 5.42. The third-order valence-corrected chi connectivity index (χ3v) is 4.37. The van der Waals surface area contributed by atoms with Crippen LogP contribution in [0.15, 0.2) is 0 Å². The monoisotopic (exact) mass is 390 g/mol. The summed E-state index contributed by atoms with van der Waals surface area (Å²) < 4.78 is 0. The van der Waals surface area contributed by atoms with Crippen molar-refractivity contribution in [1.82, 2.24) is 16.0 Å². The molecular formula is C16H30N4O5S. The minimum absolute atomic E-state index is 0.182. The molecule has 0 unspecified atom stereocenters. The van der Waals surface area contributed by atoms with Crippen LogP contribution in [0.5, 0.6) is 0 Å². The van der Waals surface area contributed by atoms with Gasteiger partial charge in [0.05, 0.1) is 11.9 Å². The van der Waals surface area contributed by atoms with Gasteiger partial charge in [0.15, 0.2) is 0 Å². The highest BCUT2D eigenvalue weighted by atomic mass is 32.2. The molecule has 0 fully saturated rings. The van der Waals surface area contributed by atoms with Gasteiger partial charge in [-0.15, -0.1) is 11.8 Å². The maximum absolute atomic E-state index is 11.9. The van der Waals surface area contributed by atoms with E-state index in [2.05, 4.69) is 16.0 Å².